The first kappa shape index (κ1) is 12.6. The third-order valence-electron chi connectivity index (χ3n) is 3.89. The Bertz CT molecular complexity index is 796. The van der Waals surface area contributed by atoms with Crippen molar-refractivity contribution < 1.29 is 0 Å². The van der Waals surface area contributed by atoms with E-state index in [0.717, 1.165) is 35.4 Å². The number of nitrogens with one attached hydrogen (secondary N) is 1. The Morgan fingerprint density at radius 1 is 1.19 bits per heavy atom. The van der Waals surface area contributed by atoms with E-state index in [1.54, 1.807) is 11.3 Å². The first-order valence-electron chi connectivity index (χ1n) is 7.15. The molecule has 3 heterocycles. The summed E-state index contributed by atoms with van der Waals surface area (Å²) >= 11 is 1.66. The number of fused-ring (bicyclic) bond motifs is 2. The number of aryl methyl sites for hydroxylation is 1. The summed E-state index contributed by atoms with van der Waals surface area (Å²) in [6, 6.07) is 10.7. The predicted octanol–water partition coefficient (Wildman–Crippen LogP) is 3.82. The fourth-order valence-electron chi connectivity index (χ4n) is 2.91. The van der Waals surface area contributed by atoms with Crippen LogP contribution in [0, 0.1) is 0 Å². The van der Waals surface area contributed by atoms with Crippen LogP contribution in [0.3, 0.4) is 0 Å². The number of nitrogens with zero attached hydrogens (tertiary/aromatic N) is 3. The van der Waals surface area contributed by atoms with Gasteiger partial charge in [-0.2, -0.15) is 4.98 Å². The lowest BCUT2D eigenvalue weighted by Gasteiger charge is -2.30. The highest BCUT2D eigenvalue weighted by molar-refractivity contribution is 7.16. The zero-order valence-electron chi connectivity index (χ0n) is 11.8. The Hall–Kier alpha value is -2.14. The molecule has 1 N–H and O–H groups in total. The Labute approximate surface area is 127 Å². The van der Waals surface area contributed by atoms with Crippen LogP contribution >= 0.6 is 11.3 Å². The Kier molecular flexibility index (Phi) is 3.00. The molecule has 0 radical (unpaired) electrons. The lowest BCUT2D eigenvalue weighted by atomic mass is 10.0. The molecule has 0 spiro atoms. The van der Waals surface area contributed by atoms with Gasteiger partial charge in [0.2, 0.25) is 5.95 Å². The van der Waals surface area contributed by atoms with Crippen molar-refractivity contribution >= 4 is 39.0 Å². The van der Waals surface area contributed by atoms with Crippen LogP contribution in [0.25, 0.3) is 10.2 Å². The van der Waals surface area contributed by atoms with Crippen LogP contribution in [0.15, 0.2) is 35.7 Å². The van der Waals surface area contributed by atoms with Crippen molar-refractivity contribution in [1.29, 1.82) is 0 Å². The fraction of sp³-hybridized carbons (Fsp3) is 0.250. The highest BCUT2D eigenvalue weighted by Gasteiger charge is 2.21. The van der Waals surface area contributed by atoms with E-state index in [4.69, 9.17) is 4.98 Å². The van der Waals surface area contributed by atoms with Gasteiger partial charge >= 0.3 is 0 Å². The number of rotatable bonds is 2. The number of benzene rings is 1. The summed E-state index contributed by atoms with van der Waals surface area (Å²) in [6.07, 6.45) is 2.30. The van der Waals surface area contributed by atoms with Crippen molar-refractivity contribution in [1.82, 2.24) is 9.97 Å². The van der Waals surface area contributed by atoms with Crippen molar-refractivity contribution in [2.45, 2.75) is 12.8 Å². The van der Waals surface area contributed by atoms with E-state index in [9.17, 15) is 0 Å². The number of hydrogen-bond acceptors (Lipinski definition) is 5. The van der Waals surface area contributed by atoms with Crippen molar-refractivity contribution in [3.63, 3.8) is 0 Å². The van der Waals surface area contributed by atoms with Gasteiger partial charge in [-0.3, -0.25) is 0 Å². The molecule has 0 saturated carbocycles. The second-order valence-corrected chi connectivity index (χ2v) is 6.04. The molecule has 1 aromatic carbocycles. The van der Waals surface area contributed by atoms with Gasteiger partial charge in [0.05, 0.1) is 5.39 Å². The number of thiophene rings is 1. The van der Waals surface area contributed by atoms with Gasteiger partial charge in [-0.15, -0.1) is 11.3 Å². The van der Waals surface area contributed by atoms with E-state index in [-0.39, 0.29) is 0 Å². The fourth-order valence-corrected chi connectivity index (χ4v) is 3.67. The standard InChI is InChI=1S/C16H16N4S/c1-17-16-18-14(12-8-10-21-15(12)19-16)20-9-4-6-11-5-2-3-7-13(11)20/h2-3,5,7-8,10H,4,6,9H2,1H3,(H,17,18,19). The molecule has 0 fully saturated rings. The maximum Gasteiger partial charge on any atom is 0.225 e. The van der Waals surface area contributed by atoms with E-state index in [0.29, 0.717) is 5.95 Å². The summed E-state index contributed by atoms with van der Waals surface area (Å²) in [5.74, 6) is 1.70. The first-order chi connectivity index (χ1) is 10.4. The zero-order chi connectivity index (χ0) is 14.2. The van der Waals surface area contributed by atoms with E-state index in [1.165, 1.54) is 11.3 Å². The molecule has 1 aliphatic heterocycles. The molecule has 2 aromatic heterocycles. The van der Waals surface area contributed by atoms with E-state index < -0.39 is 0 Å². The monoisotopic (exact) mass is 296 g/mol. The molecule has 4 rings (SSSR count). The van der Waals surface area contributed by atoms with Crippen molar-refractivity contribution in [3.05, 3.63) is 41.3 Å². The third-order valence-corrected chi connectivity index (χ3v) is 4.70. The molecule has 4 nitrogen and oxygen atoms in total. The van der Waals surface area contributed by atoms with Crippen molar-refractivity contribution in [2.75, 3.05) is 23.8 Å². The summed E-state index contributed by atoms with van der Waals surface area (Å²) < 4.78 is 0. The molecule has 0 atom stereocenters. The molecule has 0 unspecified atom stereocenters. The average Bonchev–Trinajstić information content (AvgIpc) is 3.02. The summed E-state index contributed by atoms with van der Waals surface area (Å²) in [5.41, 5.74) is 2.67. The normalized spacial score (nSPS) is 14.2. The number of para-hydroxylation sites is 1. The number of anilines is 3. The summed E-state index contributed by atoms with van der Waals surface area (Å²) in [7, 11) is 1.86. The molecule has 1 aliphatic rings. The van der Waals surface area contributed by atoms with Gasteiger partial charge in [-0.1, -0.05) is 18.2 Å². The Balaban J connectivity index is 1.93. The number of aromatic nitrogens is 2. The van der Waals surface area contributed by atoms with E-state index in [2.05, 4.69) is 50.9 Å². The maximum absolute atomic E-state index is 4.72. The third kappa shape index (κ3) is 2.05. The molecule has 106 valence electrons. The lowest BCUT2D eigenvalue weighted by Crippen LogP contribution is -2.25. The molecule has 0 amide bonds. The molecule has 3 aromatic rings. The van der Waals surface area contributed by atoms with Crippen molar-refractivity contribution in [2.24, 2.45) is 0 Å². The van der Waals surface area contributed by atoms with Gasteiger partial charge in [0, 0.05) is 19.3 Å². The largest absolute Gasteiger partial charge is 0.357 e. The second kappa shape index (κ2) is 5.00. The Morgan fingerprint density at radius 2 is 2.10 bits per heavy atom. The van der Waals surface area contributed by atoms with Crippen LogP contribution < -0.4 is 10.2 Å². The smallest absolute Gasteiger partial charge is 0.225 e. The second-order valence-electron chi connectivity index (χ2n) is 5.14. The molecule has 0 aliphatic carbocycles. The van der Waals surface area contributed by atoms with Crippen LogP contribution in [-0.4, -0.2) is 23.6 Å². The van der Waals surface area contributed by atoms with Crippen molar-refractivity contribution in [3.8, 4) is 0 Å². The summed E-state index contributed by atoms with van der Waals surface area (Å²) in [5, 5.41) is 6.29. The molecule has 21 heavy (non-hydrogen) atoms. The van der Waals surface area contributed by atoms with Crippen LogP contribution in [0.2, 0.25) is 0 Å². The maximum atomic E-state index is 4.72. The molecule has 5 heteroatoms. The minimum Gasteiger partial charge on any atom is -0.357 e. The van der Waals surface area contributed by atoms with Gasteiger partial charge in [-0.25, -0.2) is 4.98 Å². The molecule has 0 bridgehead atoms. The van der Waals surface area contributed by atoms with Crippen LogP contribution in [0.5, 0.6) is 0 Å². The van der Waals surface area contributed by atoms with E-state index in [1.807, 2.05) is 7.05 Å². The SMILES string of the molecule is CNc1nc(N2CCCc3ccccc32)c2ccsc2n1. The van der Waals surface area contributed by atoms with Gasteiger partial charge in [0.15, 0.2) is 0 Å². The lowest BCUT2D eigenvalue weighted by molar-refractivity contribution is 0.761. The minimum absolute atomic E-state index is 0.683. The molecular formula is C16H16N4S. The van der Waals surface area contributed by atoms with E-state index >= 15 is 0 Å². The van der Waals surface area contributed by atoms with Crippen LogP contribution in [0.4, 0.5) is 17.5 Å². The van der Waals surface area contributed by atoms with Gasteiger partial charge in [0.1, 0.15) is 10.6 Å². The van der Waals surface area contributed by atoms with Crippen LogP contribution in [-0.2, 0) is 6.42 Å². The average molecular weight is 296 g/mol. The summed E-state index contributed by atoms with van der Waals surface area (Å²) in [6.45, 7) is 1.00. The minimum atomic E-state index is 0.683. The zero-order valence-corrected chi connectivity index (χ0v) is 12.7. The quantitative estimate of drug-likeness (QED) is 0.780. The van der Waals surface area contributed by atoms with Gasteiger partial charge < -0.3 is 10.2 Å². The number of hydrogen-bond donors (Lipinski definition) is 1. The van der Waals surface area contributed by atoms with Gasteiger partial charge in [0.25, 0.3) is 0 Å². The topological polar surface area (TPSA) is 41.1 Å². The van der Waals surface area contributed by atoms with Gasteiger partial charge in [-0.05, 0) is 35.9 Å². The highest BCUT2D eigenvalue weighted by atomic mass is 32.1. The summed E-state index contributed by atoms with van der Waals surface area (Å²) in [4.78, 5) is 12.6. The molecular weight excluding hydrogens is 280 g/mol. The highest BCUT2D eigenvalue weighted by Crippen LogP contribution is 2.37. The predicted molar refractivity (Wildman–Crippen MR) is 88.7 cm³/mol. The molecule has 0 saturated heterocycles. The van der Waals surface area contributed by atoms with Crippen LogP contribution in [0.1, 0.15) is 12.0 Å². The Morgan fingerprint density at radius 3 is 3.00 bits per heavy atom. The first-order valence-corrected chi connectivity index (χ1v) is 8.03.